The summed E-state index contributed by atoms with van der Waals surface area (Å²) in [5.74, 6) is -1.76. The number of amides is 2. The van der Waals surface area contributed by atoms with E-state index in [1.54, 1.807) is 6.08 Å². The first-order valence-corrected chi connectivity index (χ1v) is 22.6. The van der Waals surface area contributed by atoms with Gasteiger partial charge in [0.05, 0.1) is 28.3 Å². The van der Waals surface area contributed by atoms with Crippen molar-refractivity contribution in [3.05, 3.63) is 127 Å². The summed E-state index contributed by atoms with van der Waals surface area (Å²) in [5, 5.41) is 7.36. The molecule has 8 rings (SSSR count). The number of urea groups is 1. The number of anilines is 1. The zero-order valence-corrected chi connectivity index (χ0v) is 33.9. The fourth-order valence-corrected chi connectivity index (χ4v) is 10.3. The second kappa shape index (κ2) is 17.9. The molecule has 4 aliphatic carbocycles. The molecule has 0 saturated heterocycles. The Balaban J connectivity index is 0.000000168. The third kappa shape index (κ3) is 10.8. The van der Waals surface area contributed by atoms with Crippen molar-refractivity contribution in [2.45, 2.75) is 101 Å². The summed E-state index contributed by atoms with van der Waals surface area (Å²) in [7, 11) is -8.29. The number of carbonyl (C=O) groups excluding carboxylic acids is 2. The molecule has 60 heavy (non-hydrogen) atoms. The summed E-state index contributed by atoms with van der Waals surface area (Å²) >= 11 is 0. The number of nitrogens with two attached hydrogens (primary N) is 1. The van der Waals surface area contributed by atoms with E-state index in [-0.39, 0.29) is 5.56 Å². The molecule has 320 valence electrons. The summed E-state index contributed by atoms with van der Waals surface area (Å²) in [6.07, 6.45) is 4.78. The summed E-state index contributed by atoms with van der Waals surface area (Å²) < 4.78 is 125. The predicted molar refractivity (Wildman–Crippen MR) is 213 cm³/mol. The van der Waals surface area contributed by atoms with Gasteiger partial charge in [-0.2, -0.15) is 31.3 Å². The van der Waals surface area contributed by atoms with Gasteiger partial charge in [0.2, 0.25) is 26.1 Å². The van der Waals surface area contributed by atoms with Crippen molar-refractivity contribution < 1.29 is 52.8 Å². The number of isocyanates is 1. The van der Waals surface area contributed by atoms with Gasteiger partial charge in [-0.3, -0.25) is 0 Å². The van der Waals surface area contributed by atoms with Crippen molar-refractivity contribution in [3.8, 4) is 0 Å². The van der Waals surface area contributed by atoms with Crippen LogP contribution in [0.1, 0.15) is 92.4 Å². The molecule has 0 fully saturated rings. The molecule has 4 aliphatic rings. The fraction of sp³-hybridized carbons (Fsp3) is 0.381. The highest BCUT2D eigenvalue weighted by atomic mass is 32.2. The van der Waals surface area contributed by atoms with E-state index in [2.05, 4.69) is 27.6 Å². The Morgan fingerprint density at radius 3 is 1.45 bits per heavy atom. The highest BCUT2D eigenvalue weighted by molar-refractivity contribution is 7.89. The Hall–Kier alpha value is -5.03. The van der Waals surface area contributed by atoms with Crippen LogP contribution in [0.5, 0.6) is 0 Å². The number of nitrogens with zero attached hydrogens (tertiary/aromatic N) is 1. The van der Waals surface area contributed by atoms with Crippen LogP contribution in [0.3, 0.4) is 0 Å². The average Bonchev–Trinajstić information content (AvgIpc) is 3.98. The molecule has 18 heteroatoms. The molecule has 0 radical (unpaired) electrons. The van der Waals surface area contributed by atoms with Crippen molar-refractivity contribution in [1.29, 1.82) is 0 Å². The van der Waals surface area contributed by atoms with Gasteiger partial charge in [-0.15, -0.1) is 0 Å². The number of hydrogen-bond acceptors (Lipinski definition) is 7. The number of halogens is 6. The summed E-state index contributed by atoms with van der Waals surface area (Å²) in [5.41, 5.74) is 8.77. The van der Waals surface area contributed by atoms with Crippen molar-refractivity contribution in [2.75, 3.05) is 5.32 Å². The lowest BCUT2D eigenvalue weighted by atomic mass is 9.99. The molecular weight excluding hydrogens is 835 g/mol. The van der Waals surface area contributed by atoms with Crippen molar-refractivity contribution in [1.82, 2.24) is 4.72 Å². The van der Waals surface area contributed by atoms with Gasteiger partial charge in [-0.25, -0.2) is 36.3 Å². The third-order valence-corrected chi connectivity index (χ3v) is 12.8. The maximum atomic E-state index is 13.1. The molecule has 0 atom stereocenters. The number of aryl methyl sites for hydroxylation is 4. The largest absolute Gasteiger partial charge is 0.416 e. The van der Waals surface area contributed by atoms with E-state index in [4.69, 9.17) is 0 Å². The number of alkyl halides is 6. The van der Waals surface area contributed by atoms with Crippen LogP contribution in [0.25, 0.3) is 0 Å². The molecule has 2 amide bonds. The molecule has 0 aliphatic heterocycles. The minimum absolute atomic E-state index is 0.340. The number of rotatable bonds is 7. The third-order valence-electron chi connectivity index (χ3n) is 10.9. The van der Waals surface area contributed by atoms with Crippen LogP contribution in [0.4, 0.5) is 42.5 Å². The summed E-state index contributed by atoms with van der Waals surface area (Å²) in [4.78, 5) is 26.9. The number of sulfonamides is 2. The Morgan fingerprint density at radius 2 is 1.03 bits per heavy atom. The number of primary sulfonamides is 1. The van der Waals surface area contributed by atoms with E-state index in [1.165, 1.54) is 70.5 Å². The maximum absolute atomic E-state index is 13.1. The van der Waals surface area contributed by atoms with Crippen LogP contribution >= 0.6 is 0 Å². The van der Waals surface area contributed by atoms with Crippen molar-refractivity contribution >= 4 is 43.5 Å². The second-order valence-corrected chi connectivity index (χ2v) is 18.4. The number of carbonyl (C=O) groups is 1. The SMILES string of the molecule is NS(=O)(=O)Cc1ccccc1C(F)(F)F.O=C(Nc1c2c(cc3c1CCC3)CCC2)NS(=O)(=O)Cc1ccccc1C(F)(F)F.O=C=Nc1c2c(cc3c1CCC3)CCC2. The smallest absolute Gasteiger partial charge is 0.307 e. The van der Waals surface area contributed by atoms with Gasteiger partial charge in [-0.1, -0.05) is 48.5 Å². The minimum atomic E-state index is -4.68. The minimum Gasteiger partial charge on any atom is -0.307 e. The van der Waals surface area contributed by atoms with Crippen LogP contribution in [0.2, 0.25) is 0 Å². The predicted octanol–water partition coefficient (Wildman–Crippen LogP) is 8.46. The lowest BCUT2D eigenvalue weighted by molar-refractivity contribution is -0.138. The van der Waals surface area contributed by atoms with Crippen LogP contribution in [0, 0.1) is 0 Å². The van der Waals surface area contributed by atoms with Crippen LogP contribution < -0.4 is 15.2 Å². The van der Waals surface area contributed by atoms with Crippen LogP contribution in [0.15, 0.2) is 65.7 Å². The normalized spacial score (nSPS) is 15.2. The zero-order chi connectivity index (χ0) is 43.5. The molecule has 0 aromatic heterocycles. The molecule has 0 spiro atoms. The Labute approximate surface area is 343 Å². The monoisotopic (exact) mass is 876 g/mol. The molecule has 10 nitrogen and oxygen atoms in total. The van der Waals surface area contributed by atoms with Crippen molar-refractivity contribution in [3.63, 3.8) is 0 Å². The van der Waals surface area contributed by atoms with Crippen LogP contribution in [-0.4, -0.2) is 28.9 Å². The highest BCUT2D eigenvalue weighted by Gasteiger charge is 2.35. The summed E-state index contributed by atoms with van der Waals surface area (Å²) in [6, 6.07) is 12.4. The molecule has 0 bridgehead atoms. The maximum Gasteiger partial charge on any atom is 0.416 e. The Kier molecular flexibility index (Phi) is 13.3. The van der Waals surface area contributed by atoms with Gasteiger partial charge in [0.15, 0.2) is 0 Å². The van der Waals surface area contributed by atoms with Gasteiger partial charge in [0.25, 0.3) is 0 Å². The van der Waals surface area contributed by atoms with Gasteiger partial charge in [0, 0.05) is 5.69 Å². The van der Waals surface area contributed by atoms with E-state index >= 15 is 0 Å². The lowest BCUT2D eigenvalue weighted by Crippen LogP contribution is -2.36. The zero-order valence-electron chi connectivity index (χ0n) is 32.2. The van der Waals surface area contributed by atoms with E-state index in [1.807, 2.05) is 4.72 Å². The molecular formula is C42H42F6N4O6S2. The van der Waals surface area contributed by atoms with E-state index in [0.29, 0.717) is 5.69 Å². The molecule has 0 unspecified atom stereocenters. The molecule has 4 aromatic rings. The topological polar surface area (TPSA) is 165 Å². The number of hydrogen-bond donors (Lipinski definition) is 3. The van der Waals surface area contributed by atoms with Gasteiger partial charge < -0.3 is 5.32 Å². The van der Waals surface area contributed by atoms with Gasteiger partial charge in [0.1, 0.15) is 0 Å². The standard InChI is InChI=1S/C21H21F3N2O3S.C13H13NO.C8H8F3NO2S/c22-21(23,24)18-10-2-1-5-15(18)12-30(28,29)26-20(27)25-19-16-8-3-6-13(16)11-14-7-4-9-17(14)19;15-8-14-13-11-5-1-3-9(11)7-10-4-2-6-12(10)13;9-8(10,11)7-4-2-1-3-6(7)5-15(12,13)14/h1-2,5,10-11H,3-4,6-9,12H2,(H2,25,26,27);7H,1-6H2;1-4H,5H2,(H2,12,13,14). The summed E-state index contributed by atoms with van der Waals surface area (Å²) in [6.45, 7) is 0. The van der Waals surface area contributed by atoms with Crippen molar-refractivity contribution in [2.24, 2.45) is 10.1 Å². The van der Waals surface area contributed by atoms with E-state index < -0.39 is 66.6 Å². The first-order valence-electron chi connectivity index (χ1n) is 19.3. The first kappa shape index (κ1) is 44.5. The molecule has 4 aromatic carbocycles. The average molecular weight is 877 g/mol. The van der Waals surface area contributed by atoms with Gasteiger partial charge in [-0.05, 0) is 145 Å². The van der Waals surface area contributed by atoms with Crippen LogP contribution in [-0.2, 0) is 100 Å². The Bertz CT molecular complexity index is 2510. The highest BCUT2D eigenvalue weighted by Crippen LogP contribution is 2.41. The Morgan fingerprint density at radius 1 is 0.633 bits per heavy atom. The number of benzene rings is 4. The molecule has 0 saturated carbocycles. The first-order chi connectivity index (χ1) is 28.2. The second-order valence-electron chi connectivity index (χ2n) is 15.1. The number of aliphatic imine (C=N–C) groups is 1. The molecule has 4 N–H and O–H groups in total. The quantitative estimate of drug-likeness (QED) is 0.0958. The number of nitrogens with one attached hydrogen (secondary N) is 2. The molecule has 0 heterocycles. The number of fused-ring (bicyclic) bond motifs is 4. The van der Waals surface area contributed by atoms with E-state index in [0.717, 1.165) is 105 Å². The lowest BCUT2D eigenvalue weighted by Gasteiger charge is -2.17. The van der Waals surface area contributed by atoms with E-state index in [9.17, 15) is 52.8 Å². The fourth-order valence-electron chi connectivity index (χ4n) is 8.52. The van der Waals surface area contributed by atoms with Gasteiger partial charge >= 0.3 is 18.4 Å².